The molecule has 1 fully saturated rings. The van der Waals surface area contributed by atoms with E-state index < -0.39 is 24.7 Å². The van der Waals surface area contributed by atoms with E-state index in [0.29, 0.717) is 11.1 Å². The summed E-state index contributed by atoms with van der Waals surface area (Å²) in [7, 11) is 1.41. The lowest BCUT2D eigenvalue weighted by Crippen LogP contribution is -2.49. The molecule has 0 radical (unpaired) electrons. The van der Waals surface area contributed by atoms with Gasteiger partial charge in [0.2, 0.25) is 0 Å². The Morgan fingerprint density at radius 3 is 2.81 bits per heavy atom. The fraction of sp³-hybridized carbons (Fsp3) is 0.267. The Hall–Kier alpha value is -2.37. The van der Waals surface area contributed by atoms with Crippen LogP contribution in [0.4, 0.5) is 13.6 Å². The van der Waals surface area contributed by atoms with Gasteiger partial charge in [-0.1, -0.05) is 30.3 Å². The van der Waals surface area contributed by atoms with E-state index in [1.807, 2.05) is 12.1 Å². The number of ether oxygens (including phenoxy) is 2. The molecule has 2 aromatic carbocycles. The maximum absolute atomic E-state index is 14.2. The summed E-state index contributed by atoms with van der Waals surface area (Å²) in [5.74, 6) is -2.91. The van der Waals surface area contributed by atoms with E-state index >= 15 is 0 Å². The van der Waals surface area contributed by atoms with Gasteiger partial charge < -0.3 is 14.8 Å². The average molecular weight is 293 g/mol. The number of rotatable bonds is 2. The Morgan fingerprint density at radius 2 is 2.05 bits per heavy atom. The van der Waals surface area contributed by atoms with Crippen LogP contribution in [0.15, 0.2) is 36.4 Å². The second-order valence-electron chi connectivity index (χ2n) is 4.82. The molecule has 1 aliphatic rings. The summed E-state index contributed by atoms with van der Waals surface area (Å²) in [6.45, 7) is -0.949. The highest BCUT2D eigenvalue weighted by atomic mass is 19.3. The Bertz CT molecular complexity index is 702. The number of hydrogen-bond acceptors (Lipinski definition) is 3. The Morgan fingerprint density at radius 1 is 1.29 bits per heavy atom. The second kappa shape index (κ2) is 4.87. The van der Waals surface area contributed by atoms with Gasteiger partial charge in [0.1, 0.15) is 11.8 Å². The van der Waals surface area contributed by atoms with Crippen molar-refractivity contribution in [1.82, 2.24) is 5.32 Å². The number of nitrogens with one attached hydrogen (secondary N) is 1. The monoisotopic (exact) mass is 293 g/mol. The molecule has 0 aliphatic carbocycles. The molecule has 1 aliphatic heterocycles. The van der Waals surface area contributed by atoms with E-state index in [1.165, 1.54) is 7.11 Å². The zero-order chi connectivity index (χ0) is 15.0. The molecule has 21 heavy (non-hydrogen) atoms. The first kappa shape index (κ1) is 13.6. The number of hydrogen-bond donors (Lipinski definition) is 1. The van der Waals surface area contributed by atoms with E-state index in [-0.39, 0.29) is 5.56 Å². The summed E-state index contributed by atoms with van der Waals surface area (Å²) in [4.78, 5) is 11.4. The number of alkyl carbamates (subject to hydrolysis) is 1. The third-order valence-electron chi connectivity index (χ3n) is 3.52. The van der Waals surface area contributed by atoms with Crippen molar-refractivity contribution in [2.45, 2.75) is 12.0 Å². The molecule has 4 nitrogen and oxygen atoms in total. The van der Waals surface area contributed by atoms with Crippen LogP contribution in [-0.2, 0) is 4.74 Å². The van der Waals surface area contributed by atoms with Crippen molar-refractivity contribution >= 4 is 16.9 Å². The standard InChI is InChI=1S/C15H13F2NO3/c1-20-11-7-6-9-4-2-3-5-10(9)12(11)13-15(16,17)8-21-14(19)18-13/h2-7,13H,8H2,1H3,(H,18,19)/t13-/m0/s1. The van der Waals surface area contributed by atoms with Gasteiger partial charge in [-0.05, 0) is 16.8 Å². The zero-order valence-electron chi connectivity index (χ0n) is 11.2. The number of cyclic esters (lactones) is 1. The Kier molecular flexibility index (Phi) is 3.16. The van der Waals surface area contributed by atoms with Crippen LogP contribution in [0.25, 0.3) is 10.8 Å². The molecule has 0 aromatic heterocycles. The number of methoxy groups -OCH3 is 1. The minimum atomic E-state index is -3.22. The molecule has 1 amide bonds. The molecule has 2 aromatic rings. The highest BCUT2D eigenvalue weighted by molar-refractivity contribution is 5.89. The lowest BCUT2D eigenvalue weighted by molar-refractivity contribution is -0.104. The van der Waals surface area contributed by atoms with Crippen molar-refractivity contribution in [2.75, 3.05) is 13.7 Å². The van der Waals surface area contributed by atoms with Gasteiger partial charge in [-0.25, -0.2) is 13.6 Å². The van der Waals surface area contributed by atoms with Crippen LogP contribution in [0.2, 0.25) is 0 Å². The van der Waals surface area contributed by atoms with Gasteiger partial charge in [0.05, 0.1) is 7.11 Å². The Labute approximate surface area is 119 Å². The molecule has 0 unspecified atom stereocenters. The van der Waals surface area contributed by atoms with Crippen LogP contribution in [0, 0.1) is 0 Å². The molecule has 0 saturated carbocycles. The van der Waals surface area contributed by atoms with Gasteiger partial charge in [-0.3, -0.25) is 0 Å². The largest absolute Gasteiger partial charge is 0.496 e. The van der Waals surface area contributed by atoms with Gasteiger partial charge in [0.15, 0.2) is 6.61 Å². The number of amides is 1. The highest BCUT2D eigenvalue weighted by Gasteiger charge is 2.48. The maximum atomic E-state index is 14.2. The van der Waals surface area contributed by atoms with Crippen LogP contribution < -0.4 is 10.1 Å². The first-order chi connectivity index (χ1) is 10.0. The SMILES string of the molecule is COc1ccc2ccccc2c1[C@@H]1NC(=O)OCC1(F)F. The van der Waals surface area contributed by atoms with Crippen molar-refractivity contribution < 1.29 is 23.0 Å². The summed E-state index contributed by atoms with van der Waals surface area (Å²) < 4.78 is 38.0. The van der Waals surface area contributed by atoms with Crippen LogP contribution >= 0.6 is 0 Å². The molecule has 1 atom stereocenters. The van der Waals surface area contributed by atoms with Gasteiger partial charge in [-0.15, -0.1) is 0 Å². The molecule has 110 valence electrons. The molecular formula is C15H13F2NO3. The number of carbonyl (C=O) groups is 1. The minimum absolute atomic E-state index is 0.261. The average Bonchev–Trinajstić information content (AvgIpc) is 2.49. The third kappa shape index (κ3) is 2.26. The van der Waals surface area contributed by atoms with Crippen molar-refractivity contribution in [3.05, 3.63) is 42.0 Å². The van der Waals surface area contributed by atoms with Gasteiger partial charge >= 0.3 is 12.0 Å². The van der Waals surface area contributed by atoms with Gasteiger partial charge in [0, 0.05) is 5.56 Å². The van der Waals surface area contributed by atoms with Crippen LogP contribution in [0.5, 0.6) is 5.75 Å². The first-order valence-electron chi connectivity index (χ1n) is 6.39. The summed E-state index contributed by atoms with van der Waals surface area (Å²) in [5, 5.41) is 3.61. The maximum Gasteiger partial charge on any atom is 0.408 e. The number of benzene rings is 2. The van der Waals surface area contributed by atoms with E-state index in [2.05, 4.69) is 10.1 Å². The topological polar surface area (TPSA) is 47.6 Å². The predicted molar refractivity (Wildman–Crippen MR) is 72.7 cm³/mol. The first-order valence-corrected chi connectivity index (χ1v) is 6.39. The second-order valence-corrected chi connectivity index (χ2v) is 4.82. The summed E-state index contributed by atoms with van der Waals surface area (Å²) in [6.07, 6.45) is -0.860. The van der Waals surface area contributed by atoms with E-state index in [1.54, 1.807) is 24.3 Å². The van der Waals surface area contributed by atoms with Crippen LogP contribution in [-0.4, -0.2) is 25.7 Å². The lowest BCUT2D eigenvalue weighted by atomic mass is 9.93. The predicted octanol–water partition coefficient (Wildman–Crippen LogP) is 3.26. The van der Waals surface area contributed by atoms with Crippen molar-refractivity contribution in [3.8, 4) is 5.75 Å². The molecule has 1 saturated heterocycles. The van der Waals surface area contributed by atoms with E-state index in [4.69, 9.17) is 4.74 Å². The number of alkyl halides is 2. The third-order valence-corrected chi connectivity index (χ3v) is 3.52. The molecule has 6 heteroatoms. The fourth-order valence-corrected chi connectivity index (χ4v) is 2.54. The van der Waals surface area contributed by atoms with E-state index in [0.717, 1.165) is 5.39 Å². The smallest absolute Gasteiger partial charge is 0.408 e. The van der Waals surface area contributed by atoms with Crippen LogP contribution in [0.3, 0.4) is 0 Å². The summed E-state index contributed by atoms with van der Waals surface area (Å²) >= 11 is 0. The molecule has 0 spiro atoms. The van der Waals surface area contributed by atoms with Crippen molar-refractivity contribution in [2.24, 2.45) is 0 Å². The number of carbonyl (C=O) groups excluding carboxylic acids is 1. The zero-order valence-corrected chi connectivity index (χ0v) is 11.2. The minimum Gasteiger partial charge on any atom is -0.496 e. The van der Waals surface area contributed by atoms with Gasteiger partial charge in [-0.2, -0.15) is 0 Å². The molecule has 1 N–H and O–H groups in total. The molecule has 3 rings (SSSR count). The molecular weight excluding hydrogens is 280 g/mol. The summed E-state index contributed by atoms with van der Waals surface area (Å²) in [5.41, 5.74) is 0.261. The lowest BCUT2D eigenvalue weighted by Gasteiger charge is -2.33. The normalized spacial score (nSPS) is 20.7. The quantitative estimate of drug-likeness (QED) is 0.924. The van der Waals surface area contributed by atoms with Crippen molar-refractivity contribution in [3.63, 3.8) is 0 Å². The molecule has 0 bridgehead atoms. The molecule has 1 heterocycles. The highest BCUT2D eigenvalue weighted by Crippen LogP contribution is 2.42. The van der Waals surface area contributed by atoms with Crippen LogP contribution in [0.1, 0.15) is 11.6 Å². The Balaban J connectivity index is 2.24. The fourth-order valence-electron chi connectivity index (χ4n) is 2.54. The number of fused-ring (bicyclic) bond motifs is 1. The number of halogens is 2. The van der Waals surface area contributed by atoms with Gasteiger partial charge in [0.25, 0.3) is 0 Å². The van der Waals surface area contributed by atoms with E-state index in [9.17, 15) is 13.6 Å². The van der Waals surface area contributed by atoms with Crippen molar-refractivity contribution in [1.29, 1.82) is 0 Å². The summed E-state index contributed by atoms with van der Waals surface area (Å²) in [6, 6.07) is 9.04.